The van der Waals surface area contributed by atoms with Crippen LogP contribution in [0, 0.1) is 0 Å². The Balaban J connectivity index is 1.20. The number of unbranched alkanes of at least 4 members (excludes halogenated alkanes) is 15. The van der Waals surface area contributed by atoms with Crippen molar-refractivity contribution in [1.29, 1.82) is 0 Å². The van der Waals surface area contributed by atoms with Gasteiger partial charge >= 0.3 is 0 Å². The van der Waals surface area contributed by atoms with E-state index in [0.29, 0.717) is 39.5 Å². The third kappa shape index (κ3) is 26.0. The van der Waals surface area contributed by atoms with Crippen LogP contribution in [0.15, 0.2) is 212 Å². The summed E-state index contributed by atoms with van der Waals surface area (Å²) in [5.74, 6) is -0.0105. The highest BCUT2D eigenvalue weighted by Crippen LogP contribution is 2.36. The molecule has 0 saturated heterocycles. The van der Waals surface area contributed by atoms with Gasteiger partial charge in [-0.05, 0) is 51.8 Å². The van der Waals surface area contributed by atoms with Gasteiger partial charge in [-0.1, -0.05) is 329 Å². The third-order valence-electron chi connectivity index (χ3n) is 17.6. The molecule has 7 aromatic rings. The third-order valence-corrected chi connectivity index (χ3v) is 17.6. The van der Waals surface area contributed by atoms with E-state index in [0.717, 1.165) is 90.3 Å². The van der Waals surface area contributed by atoms with Crippen LogP contribution in [-0.2, 0) is 84.2 Å². The summed E-state index contributed by atoms with van der Waals surface area (Å²) in [6, 6.07) is 71.1. The Morgan fingerprint density at radius 2 is 0.626 bits per heavy atom. The van der Waals surface area contributed by atoms with Crippen molar-refractivity contribution in [3.8, 4) is 0 Å². The van der Waals surface area contributed by atoms with Crippen LogP contribution in [0.3, 0.4) is 0 Å². The van der Waals surface area contributed by atoms with Crippen molar-refractivity contribution in [3.05, 3.63) is 251 Å². The Labute approximate surface area is 546 Å². The van der Waals surface area contributed by atoms with Gasteiger partial charge in [-0.3, -0.25) is 4.79 Å². The number of hydrogen-bond donors (Lipinski definition) is 2. The molecule has 2 N–H and O–H groups in total. The van der Waals surface area contributed by atoms with Crippen molar-refractivity contribution >= 4 is 5.91 Å². The maximum atomic E-state index is 14.9. The standard InChI is InChI=1S/C81H106N2O8/c1-3-5-7-9-10-11-12-13-14-15-17-39-55-73(85-58-65-41-25-18-26-42-65)76(86-59-66-43-27-19-28-44-66)72(83-74(84)56-40-16-8-6-4-2)57-82-75-77(87-60-67-45-29-20-30-46-67)79(89-62-69-49-33-22-34-50-69)81(91-64-71-53-37-24-38-54-71)80(90-63-70-51-35-23-36-52-70)78(75)88-61-68-47-31-21-32-48-68/h18-38,41-54,72-73,75-82H,3-17,39-40,55-64H2,1-2H3,(H,83,84)/t72-,73+,75?,76-,77?,78?,79?,80?,81?/m0/s1. The van der Waals surface area contributed by atoms with E-state index in [4.69, 9.17) is 33.2 Å². The number of amides is 1. The van der Waals surface area contributed by atoms with E-state index in [1.54, 1.807) is 0 Å². The van der Waals surface area contributed by atoms with Crippen LogP contribution in [0.2, 0.25) is 0 Å². The van der Waals surface area contributed by atoms with Crippen molar-refractivity contribution in [3.63, 3.8) is 0 Å². The summed E-state index contributed by atoms with van der Waals surface area (Å²) in [7, 11) is 0. The summed E-state index contributed by atoms with van der Waals surface area (Å²) in [6.45, 7) is 6.98. The molecule has 0 bridgehead atoms. The van der Waals surface area contributed by atoms with Gasteiger partial charge in [-0.25, -0.2) is 0 Å². The molecule has 10 nitrogen and oxygen atoms in total. The van der Waals surface area contributed by atoms with E-state index in [-0.39, 0.29) is 31.8 Å². The normalized spacial score (nSPS) is 18.4. The van der Waals surface area contributed by atoms with E-state index in [1.807, 2.05) is 103 Å². The average Bonchev–Trinajstić information content (AvgIpc) is 0.835. The maximum absolute atomic E-state index is 14.9. The lowest BCUT2D eigenvalue weighted by molar-refractivity contribution is -0.260. The first-order chi connectivity index (χ1) is 45.0. The quantitative estimate of drug-likeness (QED) is 0.0361. The number of rotatable bonds is 46. The first-order valence-corrected chi connectivity index (χ1v) is 34.7. The predicted molar refractivity (Wildman–Crippen MR) is 368 cm³/mol. The van der Waals surface area contributed by atoms with Gasteiger partial charge < -0.3 is 43.8 Å². The zero-order valence-corrected chi connectivity index (χ0v) is 54.8. The monoisotopic (exact) mass is 1230 g/mol. The molecule has 0 spiro atoms. The van der Waals surface area contributed by atoms with Crippen molar-refractivity contribution in [1.82, 2.24) is 10.6 Å². The molecule has 0 aromatic heterocycles. The highest BCUT2D eigenvalue weighted by molar-refractivity contribution is 5.76. The molecule has 0 aliphatic heterocycles. The second-order valence-electron chi connectivity index (χ2n) is 24.9. The lowest BCUT2D eigenvalue weighted by Gasteiger charge is -2.50. The number of nitrogens with one attached hydrogen (secondary N) is 2. The maximum Gasteiger partial charge on any atom is 0.220 e. The Morgan fingerprint density at radius 3 is 0.978 bits per heavy atom. The van der Waals surface area contributed by atoms with Gasteiger partial charge in [0.25, 0.3) is 0 Å². The van der Waals surface area contributed by atoms with Crippen LogP contribution in [0.5, 0.6) is 0 Å². The number of hydrogen-bond acceptors (Lipinski definition) is 9. The number of benzene rings is 7. The minimum absolute atomic E-state index is 0.0105. The summed E-state index contributed by atoms with van der Waals surface area (Å²) >= 11 is 0. The van der Waals surface area contributed by atoms with Gasteiger partial charge in [-0.2, -0.15) is 0 Å². The molecule has 91 heavy (non-hydrogen) atoms. The van der Waals surface area contributed by atoms with Crippen LogP contribution in [0.4, 0.5) is 0 Å². The SMILES string of the molecule is CCCCCCCCCCCCCC[C@@H](OCc1ccccc1)[C@@H](OCc1ccccc1)[C@H](CNC1C(OCc2ccccc2)C(OCc2ccccc2)C(OCc2ccccc2)C(OCc2ccccc2)C1OCc1ccccc1)NC(=O)CCCCCCC. The molecular formula is C81H106N2O8. The molecule has 1 amide bonds. The van der Waals surface area contributed by atoms with Crippen LogP contribution < -0.4 is 10.6 Å². The smallest absolute Gasteiger partial charge is 0.220 e. The van der Waals surface area contributed by atoms with Crippen LogP contribution in [-0.4, -0.2) is 67.3 Å². The average molecular weight is 1240 g/mol. The molecule has 7 atom stereocenters. The van der Waals surface area contributed by atoms with Crippen molar-refractivity contribution in [2.75, 3.05) is 6.54 Å². The molecule has 7 aromatic carbocycles. The first-order valence-electron chi connectivity index (χ1n) is 34.7. The summed E-state index contributed by atoms with van der Waals surface area (Å²) in [5, 5.41) is 7.78. The van der Waals surface area contributed by atoms with Gasteiger partial charge in [0.15, 0.2) is 0 Å². The number of ether oxygens (including phenoxy) is 7. The van der Waals surface area contributed by atoms with Gasteiger partial charge in [0.1, 0.15) is 36.6 Å². The van der Waals surface area contributed by atoms with Gasteiger partial charge in [0.2, 0.25) is 5.91 Å². The van der Waals surface area contributed by atoms with Gasteiger partial charge in [0, 0.05) is 13.0 Å². The fourth-order valence-corrected chi connectivity index (χ4v) is 12.4. The Bertz CT molecular complexity index is 2810. The molecular weight excluding hydrogens is 1130 g/mol. The largest absolute Gasteiger partial charge is 0.371 e. The lowest BCUT2D eigenvalue weighted by atomic mass is 9.81. The van der Waals surface area contributed by atoms with E-state index in [9.17, 15) is 4.79 Å². The second-order valence-corrected chi connectivity index (χ2v) is 24.9. The number of carbonyl (C=O) groups is 1. The van der Waals surface area contributed by atoms with E-state index >= 15 is 0 Å². The molecule has 1 fully saturated rings. The number of carbonyl (C=O) groups excluding carboxylic acids is 1. The Morgan fingerprint density at radius 1 is 0.341 bits per heavy atom. The molecule has 10 heteroatoms. The second kappa shape index (κ2) is 42.8. The summed E-state index contributed by atoms with van der Waals surface area (Å²) in [6.07, 6.45) is 16.9. The molecule has 1 aliphatic rings. The zero-order chi connectivity index (χ0) is 63.0. The molecule has 0 radical (unpaired) electrons. The zero-order valence-electron chi connectivity index (χ0n) is 54.8. The lowest BCUT2D eigenvalue weighted by Crippen LogP contribution is -2.71. The molecule has 1 aliphatic carbocycles. The van der Waals surface area contributed by atoms with E-state index in [1.165, 1.54) is 64.2 Å². The van der Waals surface area contributed by atoms with E-state index < -0.39 is 48.7 Å². The minimum atomic E-state index is -0.698. The fraction of sp³-hybridized carbons (Fsp3) is 0.469. The fourth-order valence-electron chi connectivity index (χ4n) is 12.4. The summed E-state index contributed by atoms with van der Waals surface area (Å²) in [5.41, 5.74) is 7.22. The van der Waals surface area contributed by atoms with Crippen LogP contribution >= 0.6 is 0 Å². The van der Waals surface area contributed by atoms with Crippen LogP contribution in [0.1, 0.15) is 175 Å². The minimum Gasteiger partial charge on any atom is -0.371 e. The molecule has 0 heterocycles. The Hall–Kier alpha value is -6.31. The summed E-state index contributed by atoms with van der Waals surface area (Å²) < 4.78 is 51.5. The Kier molecular flexibility index (Phi) is 33.1. The van der Waals surface area contributed by atoms with Gasteiger partial charge in [-0.15, -0.1) is 0 Å². The molecule has 4 unspecified atom stereocenters. The molecule has 488 valence electrons. The van der Waals surface area contributed by atoms with Gasteiger partial charge in [0.05, 0.1) is 64.4 Å². The highest BCUT2D eigenvalue weighted by atomic mass is 16.6. The van der Waals surface area contributed by atoms with Crippen molar-refractivity contribution in [2.24, 2.45) is 0 Å². The highest BCUT2D eigenvalue weighted by Gasteiger charge is 2.55. The molecule has 1 saturated carbocycles. The van der Waals surface area contributed by atoms with Crippen molar-refractivity contribution in [2.45, 2.75) is 237 Å². The van der Waals surface area contributed by atoms with E-state index in [2.05, 4.69) is 134 Å². The predicted octanol–water partition coefficient (Wildman–Crippen LogP) is 18.0. The van der Waals surface area contributed by atoms with Crippen molar-refractivity contribution < 1.29 is 38.0 Å². The molecule has 8 rings (SSSR count). The summed E-state index contributed by atoms with van der Waals surface area (Å²) in [4.78, 5) is 14.9. The topological polar surface area (TPSA) is 106 Å². The first kappa shape index (κ1) is 70.6. The van der Waals surface area contributed by atoms with Crippen LogP contribution in [0.25, 0.3) is 0 Å².